The second-order valence-electron chi connectivity index (χ2n) is 6.40. The molecule has 1 aliphatic rings. The molecule has 1 saturated heterocycles. The summed E-state index contributed by atoms with van der Waals surface area (Å²) in [5.41, 5.74) is 1.63. The number of benzene rings is 1. The van der Waals surface area contributed by atoms with Crippen molar-refractivity contribution in [2.24, 2.45) is 0 Å². The predicted molar refractivity (Wildman–Crippen MR) is 113 cm³/mol. The first-order chi connectivity index (χ1) is 14.0. The maximum atomic E-state index is 12.4. The molecule has 0 atom stereocenters. The molecule has 1 aromatic carbocycles. The van der Waals surface area contributed by atoms with Gasteiger partial charge in [-0.25, -0.2) is 0 Å². The van der Waals surface area contributed by atoms with Gasteiger partial charge in [0, 0.05) is 42.9 Å². The van der Waals surface area contributed by atoms with Crippen LogP contribution in [0.3, 0.4) is 0 Å². The van der Waals surface area contributed by atoms with Gasteiger partial charge in [0.2, 0.25) is 5.91 Å². The van der Waals surface area contributed by atoms with Crippen molar-refractivity contribution in [3.63, 3.8) is 0 Å². The SMILES string of the molecule is C#CCN1C(=O)S/C(=C\c2cn(CC(=O)NCCCOC)c3ccccc23)C1=O. The number of amides is 3. The van der Waals surface area contributed by atoms with Crippen LogP contribution in [0.2, 0.25) is 0 Å². The van der Waals surface area contributed by atoms with E-state index in [2.05, 4.69) is 11.2 Å². The summed E-state index contributed by atoms with van der Waals surface area (Å²) in [6.07, 6.45) is 9.47. The van der Waals surface area contributed by atoms with Crippen molar-refractivity contribution in [1.29, 1.82) is 0 Å². The molecule has 0 saturated carbocycles. The van der Waals surface area contributed by atoms with Crippen molar-refractivity contribution in [3.05, 3.63) is 40.9 Å². The summed E-state index contributed by atoms with van der Waals surface area (Å²) in [6.45, 7) is 1.24. The van der Waals surface area contributed by atoms with Crippen molar-refractivity contribution in [1.82, 2.24) is 14.8 Å². The number of nitrogens with one attached hydrogen (secondary N) is 1. The molecule has 2 heterocycles. The quantitative estimate of drug-likeness (QED) is 0.410. The lowest BCUT2D eigenvalue weighted by Crippen LogP contribution is -2.28. The molecule has 0 spiro atoms. The molecule has 1 fully saturated rings. The fraction of sp³-hybridized carbons (Fsp3) is 0.286. The van der Waals surface area contributed by atoms with Crippen LogP contribution in [0, 0.1) is 12.3 Å². The van der Waals surface area contributed by atoms with E-state index in [0.29, 0.717) is 18.1 Å². The fourth-order valence-corrected chi connectivity index (χ4v) is 3.87. The van der Waals surface area contributed by atoms with Gasteiger partial charge in [-0.05, 0) is 30.3 Å². The van der Waals surface area contributed by atoms with E-state index in [9.17, 15) is 14.4 Å². The molecule has 1 aromatic heterocycles. The van der Waals surface area contributed by atoms with E-state index in [-0.39, 0.29) is 24.2 Å². The lowest BCUT2D eigenvalue weighted by Gasteiger charge is -2.07. The van der Waals surface area contributed by atoms with Gasteiger partial charge < -0.3 is 14.6 Å². The minimum atomic E-state index is -0.398. The lowest BCUT2D eigenvalue weighted by molar-refractivity contribution is -0.122. The molecule has 3 rings (SSSR count). The Morgan fingerprint density at radius 1 is 1.34 bits per heavy atom. The average Bonchev–Trinajstić information content (AvgIpc) is 3.18. The van der Waals surface area contributed by atoms with Crippen LogP contribution >= 0.6 is 11.8 Å². The Balaban J connectivity index is 1.83. The van der Waals surface area contributed by atoms with Crippen LogP contribution in [-0.2, 0) is 20.9 Å². The van der Waals surface area contributed by atoms with Gasteiger partial charge in [-0.15, -0.1) is 6.42 Å². The summed E-state index contributed by atoms with van der Waals surface area (Å²) < 4.78 is 6.81. The van der Waals surface area contributed by atoms with Crippen LogP contribution in [0.15, 0.2) is 35.4 Å². The van der Waals surface area contributed by atoms with Gasteiger partial charge >= 0.3 is 0 Å². The van der Waals surface area contributed by atoms with E-state index in [1.54, 1.807) is 13.2 Å². The van der Waals surface area contributed by atoms with Crippen molar-refractivity contribution in [2.75, 3.05) is 26.8 Å². The molecule has 0 radical (unpaired) electrons. The van der Waals surface area contributed by atoms with Gasteiger partial charge in [0.25, 0.3) is 11.1 Å². The topological polar surface area (TPSA) is 80.6 Å². The Kier molecular flexibility index (Phi) is 6.75. The molecule has 1 aliphatic heterocycles. The number of hydrogen-bond acceptors (Lipinski definition) is 5. The molecule has 8 heteroatoms. The van der Waals surface area contributed by atoms with Crippen molar-refractivity contribution in [3.8, 4) is 12.3 Å². The number of hydrogen-bond donors (Lipinski definition) is 1. The number of terminal acetylenes is 1. The molecule has 0 unspecified atom stereocenters. The molecule has 7 nitrogen and oxygen atoms in total. The Bertz CT molecular complexity index is 1020. The van der Waals surface area contributed by atoms with Gasteiger partial charge in [-0.2, -0.15) is 0 Å². The van der Waals surface area contributed by atoms with Gasteiger partial charge in [-0.1, -0.05) is 24.1 Å². The molecular formula is C21H21N3O4S. The van der Waals surface area contributed by atoms with Gasteiger partial charge in [0.1, 0.15) is 6.54 Å². The summed E-state index contributed by atoms with van der Waals surface area (Å²) in [6, 6.07) is 7.60. The lowest BCUT2D eigenvalue weighted by atomic mass is 10.1. The van der Waals surface area contributed by atoms with Crippen LogP contribution < -0.4 is 5.32 Å². The zero-order valence-electron chi connectivity index (χ0n) is 16.0. The number of imide groups is 1. The first-order valence-corrected chi connectivity index (χ1v) is 9.89. The monoisotopic (exact) mass is 411 g/mol. The van der Waals surface area contributed by atoms with Crippen LogP contribution in [0.1, 0.15) is 12.0 Å². The van der Waals surface area contributed by atoms with Gasteiger partial charge in [0.15, 0.2) is 0 Å². The van der Waals surface area contributed by atoms with Crippen LogP contribution in [-0.4, -0.2) is 53.3 Å². The van der Waals surface area contributed by atoms with Crippen LogP contribution in [0.4, 0.5) is 4.79 Å². The highest BCUT2D eigenvalue weighted by atomic mass is 32.2. The van der Waals surface area contributed by atoms with E-state index in [1.807, 2.05) is 35.0 Å². The number of ether oxygens (including phenoxy) is 1. The number of carbonyl (C=O) groups is 3. The van der Waals surface area contributed by atoms with Gasteiger partial charge in [0.05, 0.1) is 11.4 Å². The molecule has 2 aromatic rings. The second-order valence-corrected chi connectivity index (χ2v) is 7.39. The Hall–Kier alpha value is -3.02. The Labute approximate surface area is 173 Å². The number of thioether (sulfide) groups is 1. The predicted octanol–water partition coefficient (Wildman–Crippen LogP) is 2.46. The molecule has 3 amide bonds. The summed E-state index contributed by atoms with van der Waals surface area (Å²) in [7, 11) is 1.62. The normalized spacial score (nSPS) is 15.3. The van der Waals surface area contributed by atoms with E-state index in [4.69, 9.17) is 11.2 Å². The van der Waals surface area contributed by atoms with Gasteiger partial charge in [-0.3, -0.25) is 19.3 Å². The highest BCUT2D eigenvalue weighted by Crippen LogP contribution is 2.33. The number of methoxy groups -OCH3 is 1. The molecule has 0 bridgehead atoms. The van der Waals surface area contributed by atoms with Crippen molar-refractivity contribution >= 4 is 45.8 Å². The smallest absolute Gasteiger partial charge is 0.294 e. The van der Waals surface area contributed by atoms with E-state index in [0.717, 1.165) is 39.5 Å². The maximum Gasteiger partial charge on any atom is 0.294 e. The standard InChI is InChI=1S/C21H21N3O4S/c1-3-10-24-20(26)18(29-21(24)27)12-15-13-23(17-8-5-4-7-16(15)17)14-19(25)22-9-6-11-28-2/h1,4-5,7-8,12-13H,6,9-11,14H2,2H3,(H,22,25)/b18-12-. The summed E-state index contributed by atoms with van der Waals surface area (Å²) >= 11 is 0.867. The third-order valence-electron chi connectivity index (χ3n) is 4.39. The number of carbonyl (C=O) groups excluding carboxylic acids is 3. The first kappa shape index (κ1) is 20.7. The molecular weight excluding hydrogens is 390 g/mol. The number of fused-ring (bicyclic) bond motifs is 1. The van der Waals surface area contributed by atoms with E-state index >= 15 is 0 Å². The summed E-state index contributed by atoms with van der Waals surface area (Å²) in [4.78, 5) is 38.1. The second kappa shape index (κ2) is 9.45. The van der Waals surface area contributed by atoms with Crippen molar-refractivity contribution < 1.29 is 19.1 Å². The Morgan fingerprint density at radius 3 is 2.90 bits per heavy atom. The average molecular weight is 411 g/mol. The molecule has 29 heavy (non-hydrogen) atoms. The number of para-hydroxylation sites is 1. The third-order valence-corrected chi connectivity index (χ3v) is 5.30. The highest BCUT2D eigenvalue weighted by molar-refractivity contribution is 8.18. The number of rotatable bonds is 8. The first-order valence-electron chi connectivity index (χ1n) is 9.07. The molecule has 150 valence electrons. The zero-order valence-corrected chi connectivity index (χ0v) is 16.8. The van der Waals surface area contributed by atoms with Crippen LogP contribution in [0.25, 0.3) is 17.0 Å². The van der Waals surface area contributed by atoms with Crippen LogP contribution in [0.5, 0.6) is 0 Å². The number of aromatic nitrogens is 1. The fourth-order valence-electron chi connectivity index (χ4n) is 3.04. The van der Waals surface area contributed by atoms with Crippen molar-refractivity contribution in [2.45, 2.75) is 13.0 Å². The largest absolute Gasteiger partial charge is 0.385 e. The highest BCUT2D eigenvalue weighted by Gasteiger charge is 2.34. The minimum Gasteiger partial charge on any atom is -0.385 e. The summed E-state index contributed by atoms with van der Waals surface area (Å²) in [5.74, 6) is 1.82. The minimum absolute atomic E-state index is 0.0486. The van der Waals surface area contributed by atoms with E-state index in [1.165, 1.54) is 0 Å². The summed E-state index contributed by atoms with van der Waals surface area (Å²) in [5, 5.41) is 3.38. The van der Waals surface area contributed by atoms with E-state index < -0.39 is 5.91 Å². The molecule has 0 aliphatic carbocycles. The maximum absolute atomic E-state index is 12.4. The Morgan fingerprint density at radius 2 is 2.14 bits per heavy atom. The zero-order chi connectivity index (χ0) is 20.8. The molecule has 1 N–H and O–H groups in total. The number of nitrogens with zero attached hydrogens (tertiary/aromatic N) is 2. The third kappa shape index (κ3) is 4.70.